The minimum atomic E-state index is -1.21. The number of carbonyl (C=O) groups excluding carboxylic acids is 1. The molecule has 0 spiro atoms. The average molecular weight is 380 g/mol. The fraction of sp³-hybridized carbons (Fsp3) is 0.480. The zero-order valence-electron chi connectivity index (χ0n) is 17.2. The van der Waals surface area contributed by atoms with Gasteiger partial charge in [-0.2, -0.15) is 0 Å². The molecule has 2 aromatic carbocycles. The van der Waals surface area contributed by atoms with E-state index in [0.29, 0.717) is 12.8 Å². The van der Waals surface area contributed by atoms with E-state index in [4.69, 9.17) is 0 Å². The molecular weight excluding hydrogens is 346 g/mol. The Hall–Kier alpha value is -2.13. The summed E-state index contributed by atoms with van der Waals surface area (Å²) in [6, 6.07) is 16.3. The highest BCUT2D eigenvalue weighted by atomic mass is 16.3. The van der Waals surface area contributed by atoms with E-state index in [1.54, 1.807) is 0 Å². The van der Waals surface area contributed by atoms with Crippen LogP contribution in [-0.2, 0) is 23.2 Å². The third kappa shape index (κ3) is 4.47. The van der Waals surface area contributed by atoms with E-state index >= 15 is 0 Å². The standard InChI is InChI=1S/C25H33NO2/c1-3-5-7-19-9-13-21(14-10-19)25(28,23-17-18-24(27)26-23)22-15-11-20(12-16-22)8-6-4-2/h9-16,23,28H,3-8,17-18H2,1-2H3,(H,26,27)/t23-/m1/s1. The number of unbranched alkanes of at least 4 members (excludes halogenated alkanes) is 2. The lowest BCUT2D eigenvalue weighted by molar-refractivity contribution is -0.120. The van der Waals surface area contributed by atoms with Crippen LogP contribution in [0.25, 0.3) is 0 Å². The van der Waals surface area contributed by atoms with Crippen LogP contribution in [0.1, 0.15) is 74.6 Å². The molecule has 3 heteroatoms. The van der Waals surface area contributed by atoms with Gasteiger partial charge < -0.3 is 10.4 Å². The topological polar surface area (TPSA) is 49.3 Å². The summed E-state index contributed by atoms with van der Waals surface area (Å²) in [4.78, 5) is 11.9. The summed E-state index contributed by atoms with van der Waals surface area (Å²) >= 11 is 0. The zero-order chi connectivity index (χ0) is 20.0. The van der Waals surface area contributed by atoms with Crippen molar-refractivity contribution in [1.29, 1.82) is 0 Å². The SMILES string of the molecule is CCCCc1ccc(C(O)(c2ccc(CCCC)cc2)[C@H]2CCC(=O)N2)cc1. The first-order valence-electron chi connectivity index (χ1n) is 10.8. The van der Waals surface area contributed by atoms with Crippen LogP contribution in [0.2, 0.25) is 0 Å². The van der Waals surface area contributed by atoms with Gasteiger partial charge in [-0.1, -0.05) is 75.2 Å². The summed E-state index contributed by atoms with van der Waals surface area (Å²) < 4.78 is 0. The Kier molecular flexibility index (Phi) is 6.90. The number of carbonyl (C=O) groups is 1. The summed E-state index contributed by atoms with van der Waals surface area (Å²) in [6.07, 6.45) is 7.90. The van der Waals surface area contributed by atoms with Crippen LogP contribution in [0.5, 0.6) is 0 Å². The van der Waals surface area contributed by atoms with Crippen molar-refractivity contribution in [3.8, 4) is 0 Å². The Balaban J connectivity index is 1.92. The molecule has 2 aromatic rings. The van der Waals surface area contributed by atoms with E-state index in [1.807, 2.05) is 24.3 Å². The molecule has 1 amide bonds. The molecule has 0 saturated carbocycles. The highest BCUT2D eigenvalue weighted by molar-refractivity contribution is 5.79. The Morgan fingerprint density at radius 3 is 1.71 bits per heavy atom. The van der Waals surface area contributed by atoms with Crippen molar-refractivity contribution < 1.29 is 9.90 Å². The normalized spacial score (nSPS) is 17.0. The molecular formula is C25H33NO2. The van der Waals surface area contributed by atoms with E-state index in [0.717, 1.165) is 24.0 Å². The van der Waals surface area contributed by atoms with Crippen LogP contribution in [0.3, 0.4) is 0 Å². The van der Waals surface area contributed by atoms with E-state index in [2.05, 4.69) is 43.4 Å². The molecule has 0 aromatic heterocycles. The number of aliphatic hydroxyl groups is 1. The number of nitrogens with one attached hydrogen (secondary N) is 1. The summed E-state index contributed by atoms with van der Waals surface area (Å²) in [7, 11) is 0. The van der Waals surface area contributed by atoms with Gasteiger partial charge in [0.15, 0.2) is 0 Å². The molecule has 1 saturated heterocycles. The fourth-order valence-corrected chi connectivity index (χ4v) is 4.11. The van der Waals surface area contributed by atoms with Gasteiger partial charge in [-0.05, 0) is 54.4 Å². The predicted octanol–water partition coefficient (Wildman–Crippen LogP) is 4.89. The molecule has 28 heavy (non-hydrogen) atoms. The monoisotopic (exact) mass is 379 g/mol. The molecule has 3 nitrogen and oxygen atoms in total. The summed E-state index contributed by atoms with van der Waals surface area (Å²) in [5, 5.41) is 14.9. The first kappa shape index (κ1) is 20.6. The third-order valence-electron chi connectivity index (χ3n) is 5.93. The number of aryl methyl sites for hydroxylation is 2. The minimum Gasteiger partial charge on any atom is -0.378 e. The molecule has 1 heterocycles. The van der Waals surface area contributed by atoms with E-state index in [-0.39, 0.29) is 11.9 Å². The van der Waals surface area contributed by atoms with Crippen LogP contribution in [0, 0.1) is 0 Å². The van der Waals surface area contributed by atoms with E-state index in [9.17, 15) is 9.90 Å². The lowest BCUT2D eigenvalue weighted by Gasteiger charge is -2.35. The third-order valence-corrected chi connectivity index (χ3v) is 5.93. The first-order valence-corrected chi connectivity index (χ1v) is 10.8. The van der Waals surface area contributed by atoms with Gasteiger partial charge in [-0.15, -0.1) is 0 Å². The van der Waals surface area contributed by atoms with Crippen molar-refractivity contribution in [2.45, 2.75) is 76.9 Å². The Labute approximate surface area is 169 Å². The predicted molar refractivity (Wildman–Crippen MR) is 114 cm³/mol. The van der Waals surface area contributed by atoms with Gasteiger partial charge in [0.25, 0.3) is 0 Å². The molecule has 1 aliphatic heterocycles. The summed E-state index contributed by atoms with van der Waals surface area (Å²) in [6.45, 7) is 4.39. The van der Waals surface area contributed by atoms with Gasteiger partial charge in [-0.3, -0.25) is 4.79 Å². The second-order valence-electron chi connectivity index (χ2n) is 8.03. The highest BCUT2D eigenvalue weighted by Crippen LogP contribution is 2.37. The Morgan fingerprint density at radius 1 is 0.893 bits per heavy atom. The lowest BCUT2D eigenvalue weighted by Crippen LogP contribution is -2.47. The second-order valence-corrected chi connectivity index (χ2v) is 8.03. The Morgan fingerprint density at radius 2 is 1.36 bits per heavy atom. The lowest BCUT2D eigenvalue weighted by atomic mass is 9.79. The molecule has 3 rings (SSSR count). The molecule has 0 unspecified atom stereocenters. The smallest absolute Gasteiger partial charge is 0.220 e. The van der Waals surface area contributed by atoms with E-state index < -0.39 is 5.60 Å². The second kappa shape index (κ2) is 9.38. The average Bonchev–Trinajstić information content (AvgIpc) is 3.17. The van der Waals surface area contributed by atoms with Crippen molar-refractivity contribution >= 4 is 5.91 Å². The zero-order valence-corrected chi connectivity index (χ0v) is 17.2. The maximum atomic E-state index is 11.9. The summed E-state index contributed by atoms with van der Waals surface area (Å²) in [5.41, 5.74) is 3.07. The minimum absolute atomic E-state index is 0.0163. The maximum absolute atomic E-state index is 11.9. The van der Waals surface area contributed by atoms with Crippen molar-refractivity contribution in [1.82, 2.24) is 5.32 Å². The summed E-state index contributed by atoms with van der Waals surface area (Å²) in [5.74, 6) is 0.0163. The largest absolute Gasteiger partial charge is 0.378 e. The molecule has 0 bridgehead atoms. The molecule has 1 aliphatic rings. The number of rotatable bonds is 9. The first-order chi connectivity index (χ1) is 13.6. The van der Waals surface area contributed by atoms with Gasteiger partial charge in [0.05, 0.1) is 6.04 Å². The number of amides is 1. The van der Waals surface area contributed by atoms with Crippen molar-refractivity contribution in [2.24, 2.45) is 0 Å². The van der Waals surface area contributed by atoms with E-state index in [1.165, 1.54) is 36.8 Å². The van der Waals surface area contributed by atoms with Crippen molar-refractivity contribution in [3.05, 3.63) is 70.8 Å². The van der Waals surface area contributed by atoms with Crippen LogP contribution in [0.4, 0.5) is 0 Å². The number of hydrogen-bond donors (Lipinski definition) is 2. The highest BCUT2D eigenvalue weighted by Gasteiger charge is 2.43. The van der Waals surface area contributed by atoms with Crippen LogP contribution >= 0.6 is 0 Å². The van der Waals surface area contributed by atoms with Gasteiger partial charge in [0, 0.05) is 6.42 Å². The molecule has 1 atom stereocenters. The van der Waals surface area contributed by atoms with Crippen LogP contribution in [-0.4, -0.2) is 17.1 Å². The molecule has 1 fully saturated rings. The fourth-order valence-electron chi connectivity index (χ4n) is 4.11. The van der Waals surface area contributed by atoms with Crippen LogP contribution < -0.4 is 5.32 Å². The van der Waals surface area contributed by atoms with Crippen molar-refractivity contribution in [3.63, 3.8) is 0 Å². The quantitative estimate of drug-likeness (QED) is 0.652. The van der Waals surface area contributed by atoms with Gasteiger partial charge in [0.1, 0.15) is 5.60 Å². The van der Waals surface area contributed by atoms with Gasteiger partial charge in [-0.25, -0.2) is 0 Å². The Bertz CT molecular complexity index is 713. The molecule has 0 aliphatic carbocycles. The molecule has 0 radical (unpaired) electrons. The van der Waals surface area contributed by atoms with Crippen LogP contribution in [0.15, 0.2) is 48.5 Å². The maximum Gasteiger partial charge on any atom is 0.220 e. The molecule has 2 N–H and O–H groups in total. The van der Waals surface area contributed by atoms with Gasteiger partial charge >= 0.3 is 0 Å². The van der Waals surface area contributed by atoms with Gasteiger partial charge in [0.2, 0.25) is 5.91 Å². The number of hydrogen-bond acceptors (Lipinski definition) is 2. The van der Waals surface area contributed by atoms with Crippen molar-refractivity contribution in [2.75, 3.05) is 0 Å². The molecule has 150 valence electrons. The number of benzene rings is 2.